The Morgan fingerprint density at radius 1 is 1.05 bits per heavy atom. The minimum absolute atomic E-state index is 0.127. The van der Waals surface area contributed by atoms with E-state index in [1.165, 1.54) is 51.9 Å². The summed E-state index contributed by atoms with van der Waals surface area (Å²) in [5, 5.41) is 7.48. The van der Waals surface area contributed by atoms with Crippen molar-refractivity contribution in [1.82, 2.24) is 20.1 Å². The summed E-state index contributed by atoms with van der Waals surface area (Å²) in [5.74, 6) is 0.170. The zero-order valence-electron chi connectivity index (χ0n) is 21.8. The standard InChI is InChI=1S/C28H23F3N6O3S/c1-17-4-3-5-18(2)24(17)37-23(38)15-41-27(37)34-26(39)32-14-19-6-8-20(9-7-19)25-33-16-36(35-25)21-10-12-22(13-11-21)40-28(29,30)31/h3-13,16H,14-15H2,1-2H3,(H,32,39)/b34-27-. The van der Waals surface area contributed by atoms with Gasteiger partial charge in [0.1, 0.15) is 12.1 Å². The third-order valence-corrected chi connectivity index (χ3v) is 7.03. The van der Waals surface area contributed by atoms with E-state index in [1.807, 2.05) is 44.2 Å². The van der Waals surface area contributed by atoms with Crippen molar-refractivity contribution >= 4 is 34.6 Å². The summed E-state index contributed by atoms with van der Waals surface area (Å²) < 4.78 is 42.4. The van der Waals surface area contributed by atoms with E-state index in [-0.39, 0.29) is 24.0 Å². The van der Waals surface area contributed by atoms with Gasteiger partial charge in [0, 0.05) is 12.1 Å². The van der Waals surface area contributed by atoms with Gasteiger partial charge in [0.15, 0.2) is 11.0 Å². The van der Waals surface area contributed by atoms with Crippen molar-refractivity contribution in [3.05, 3.63) is 89.7 Å². The maximum atomic E-state index is 12.6. The number of nitrogens with one attached hydrogen (secondary N) is 1. The highest BCUT2D eigenvalue weighted by Crippen LogP contribution is 2.32. The van der Waals surface area contributed by atoms with Gasteiger partial charge in [-0.2, -0.15) is 4.99 Å². The van der Waals surface area contributed by atoms with Gasteiger partial charge in [-0.25, -0.2) is 14.5 Å². The smallest absolute Gasteiger partial charge is 0.406 e. The number of amides is 3. The average molecular weight is 581 g/mol. The van der Waals surface area contributed by atoms with Crippen molar-refractivity contribution in [3.63, 3.8) is 0 Å². The van der Waals surface area contributed by atoms with Crippen LogP contribution in [0.5, 0.6) is 5.75 Å². The average Bonchev–Trinajstić information content (AvgIpc) is 3.55. The highest BCUT2D eigenvalue weighted by atomic mass is 32.2. The number of para-hydroxylation sites is 1. The first kappa shape index (κ1) is 27.9. The molecule has 0 aliphatic carbocycles. The molecule has 5 rings (SSSR count). The Hall–Kier alpha value is -4.65. The van der Waals surface area contributed by atoms with Crippen LogP contribution >= 0.6 is 11.8 Å². The van der Waals surface area contributed by atoms with Crippen LogP contribution in [0.3, 0.4) is 0 Å². The minimum atomic E-state index is -4.76. The van der Waals surface area contributed by atoms with Crippen LogP contribution in [0.15, 0.2) is 78.0 Å². The Kier molecular flexibility index (Phi) is 7.79. The van der Waals surface area contributed by atoms with Gasteiger partial charge in [-0.05, 0) is 54.8 Å². The normalized spacial score (nSPS) is 14.5. The molecule has 0 atom stereocenters. The third kappa shape index (κ3) is 6.57. The van der Waals surface area contributed by atoms with Crippen molar-refractivity contribution in [2.45, 2.75) is 26.8 Å². The fourth-order valence-electron chi connectivity index (χ4n) is 4.22. The van der Waals surface area contributed by atoms with Crippen LogP contribution in [0.25, 0.3) is 17.1 Å². The molecule has 1 aliphatic rings. The molecule has 1 saturated heterocycles. The molecule has 9 nitrogen and oxygen atoms in total. The van der Waals surface area contributed by atoms with Crippen molar-refractivity contribution in [2.24, 2.45) is 4.99 Å². The molecule has 3 amide bonds. The zero-order valence-corrected chi connectivity index (χ0v) is 22.7. The molecular formula is C28H23F3N6O3S. The Bertz CT molecular complexity index is 1600. The van der Waals surface area contributed by atoms with Gasteiger partial charge >= 0.3 is 12.4 Å². The Morgan fingerprint density at radius 2 is 1.73 bits per heavy atom. The number of amidine groups is 1. The predicted molar refractivity (Wildman–Crippen MR) is 149 cm³/mol. The number of aliphatic imine (C=N–C) groups is 1. The predicted octanol–water partition coefficient (Wildman–Crippen LogP) is 5.80. The summed E-state index contributed by atoms with van der Waals surface area (Å²) in [5.41, 5.74) is 4.61. The molecular weight excluding hydrogens is 557 g/mol. The number of benzene rings is 3. The van der Waals surface area contributed by atoms with Crippen LogP contribution in [-0.2, 0) is 11.3 Å². The first-order valence-corrected chi connectivity index (χ1v) is 13.3. The summed E-state index contributed by atoms with van der Waals surface area (Å²) in [6.07, 6.45) is -3.31. The number of aryl methyl sites for hydroxylation is 2. The van der Waals surface area contributed by atoms with Crippen LogP contribution in [0.1, 0.15) is 16.7 Å². The highest BCUT2D eigenvalue weighted by Gasteiger charge is 2.32. The second-order valence-corrected chi connectivity index (χ2v) is 10.0. The van der Waals surface area contributed by atoms with Crippen molar-refractivity contribution in [3.8, 4) is 22.8 Å². The van der Waals surface area contributed by atoms with Crippen LogP contribution < -0.4 is 15.0 Å². The number of alkyl halides is 3. The van der Waals surface area contributed by atoms with Crippen LogP contribution in [0, 0.1) is 13.8 Å². The van der Waals surface area contributed by atoms with Gasteiger partial charge in [-0.1, -0.05) is 54.2 Å². The Morgan fingerprint density at radius 3 is 2.39 bits per heavy atom. The summed E-state index contributed by atoms with van der Waals surface area (Å²) in [6, 6.07) is 17.7. The fraction of sp³-hybridized carbons (Fsp3) is 0.179. The number of carbonyl (C=O) groups excluding carboxylic acids is 2. The van der Waals surface area contributed by atoms with E-state index < -0.39 is 12.4 Å². The topological polar surface area (TPSA) is 102 Å². The summed E-state index contributed by atoms with van der Waals surface area (Å²) in [7, 11) is 0. The molecule has 0 saturated carbocycles. The van der Waals surface area contributed by atoms with Crippen LogP contribution in [0.4, 0.5) is 23.7 Å². The summed E-state index contributed by atoms with van der Waals surface area (Å²) in [4.78, 5) is 35.1. The number of hydrogen-bond acceptors (Lipinski definition) is 6. The largest absolute Gasteiger partial charge is 0.573 e. The lowest BCUT2D eigenvalue weighted by atomic mass is 10.1. The van der Waals surface area contributed by atoms with E-state index in [1.54, 1.807) is 12.1 Å². The molecule has 2 heterocycles. The van der Waals surface area contributed by atoms with E-state index in [9.17, 15) is 22.8 Å². The van der Waals surface area contributed by atoms with Gasteiger partial charge in [0.25, 0.3) is 0 Å². The molecule has 1 N–H and O–H groups in total. The number of thioether (sulfide) groups is 1. The molecule has 1 fully saturated rings. The van der Waals surface area contributed by atoms with E-state index in [0.29, 0.717) is 22.2 Å². The molecule has 41 heavy (non-hydrogen) atoms. The number of halogens is 3. The Balaban J connectivity index is 1.21. The second kappa shape index (κ2) is 11.5. The van der Waals surface area contributed by atoms with Crippen LogP contribution in [0.2, 0.25) is 0 Å². The minimum Gasteiger partial charge on any atom is -0.406 e. The number of hydrogen-bond donors (Lipinski definition) is 1. The molecule has 210 valence electrons. The maximum absolute atomic E-state index is 12.6. The van der Waals surface area contributed by atoms with E-state index in [0.717, 1.165) is 22.4 Å². The molecule has 13 heteroatoms. The third-order valence-electron chi connectivity index (χ3n) is 6.11. The summed E-state index contributed by atoms with van der Waals surface area (Å²) >= 11 is 1.22. The number of aromatic nitrogens is 3. The van der Waals surface area contributed by atoms with Crippen LogP contribution in [-0.4, -0.2) is 44.0 Å². The molecule has 1 aromatic heterocycles. The SMILES string of the molecule is Cc1cccc(C)c1N1C(=O)CS/C1=N\C(=O)NCc1ccc(-c2ncn(-c3ccc(OC(F)(F)F)cc3)n2)cc1. The van der Waals surface area contributed by atoms with Gasteiger partial charge in [-0.3, -0.25) is 9.69 Å². The number of carbonyl (C=O) groups is 2. The molecule has 1 aliphatic heterocycles. The number of nitrogens with zero attached hydrogens (tertiary/aromatic N) is 5. The quantitative estimate of drug-likeness (QED) is 0.310. The van der Waals surface area contributed by atoms with Crippen molar-refractivity contribution in [1.29, 1.82) is 0 Å². The molecule has 0 bridgehead atoms. The molecule has 4 aromatic rings. The summed E-state index contributed by atoms with van der Waals surface area (Å²) in [6.45, 7) is 4.04. The maximum Gasteiger partial charge on any atom is 0.573 e. The van der Waals surface area contributed by atoms with E-state index in [4.69, 9.17) is 0 Å². The fourth-order valence-corrected chi connectivity index (χ4v) is 5.07. The number of ether oxygens (including phenoxy) is 1. The lowest BCUT2D eigenvalue weighted by Crippen LogP contribution is -2.32. The van der Waals surface area contributed by atoms with Gasteiger partial charge in [0.2, 0.25) is 5.91 Å². The lowest BCUT2D eigenvalue weighted by molar-refractivity contribution is -0.274. The molecule has 0 unspecified atom stereocenters. The number of urea groups is 1. The van der Waals surface area contributed by atoms with Gasteiger partial charge < -0.3 is 10.1 Å². The van der Waals surface area contributed by atoms with E-state index in [2.05, 4.69) is 25.1 Å². The van der Waals surface area contributed by atoms with Crippen molar-refractivity contribution in [2.75, 3.05) is 10.7 Å². The van der Waals surface area contributed by atoms with Crippen molar-refractivity contribution < 1.29 is 27.5 Å². The first-order chi connectivity index (χ1) is 19.6. The van der Waals surface area contributed by atoms with Gasteiger partial charge in [-0.15, -0.1) is 18.3 Å². The number of rotatable bonds is 6. The number of anilines is 1. The molecule has 0 radical (unpaired) electrons. The molecule has 0 spiro atoms. The van der Waals surface area contributed by atoms with E-state index >= 15 is 0 Å². The Labute approximate surface area is 237 Å². The molecule has 3 aromatic carbocycles. The lowest BCUT2D eigenvalue weighted by Gasteiger charge is -2.20. The first-order valence-electron chi connectivity index (χ1n) is 12.3. The van der Waals surface area contributed by atoms with Gasteiger partial charge in [0.05, 0.1) is 17.1 Å². The monoisotopic (exact) mass is 580 g/mol. The highest BCUT2D eigenvalue weighted by molar-refractivity contribution is 8.15. The zero-order chi connectivity index (χ0) is 29.1. The second-order valence-electron chi connectivity index (χ2n) is 9.06.